The van der Waals surface area contributed by atoms with E-state index >= 15 is 0 Å². The van der Waals surface area contributed by atoms with Crippen LogP contribution in [0.2, 0.25) is 0 Å². The predicted octanol–water partition coefficient (Wildman–Crippen LogP) is 3.09. The van der Waals surface area contributed by atoms with Gasteiger partial charge in [-0.05, 0) is 25.1 Å². The fourth-order valence-electron chi connectivity index (χ4n) is 1.29. The summed E-state index contributed by atoms with van der Waals surface area (Å²) in [5.74, 6) is 0. The molecule has 78 valence electrons. The largest absolute Gasteiger partial charge is 0.316 e. The van der Waals surface area contributed by atoms with Crippen molar-refractivity contribution in [1.29, 1.82) is 0 Å². The maximum absolute atomic E-state index is 3.37. The smallest absolute Gasteiger partial charge is 0.0191 e. The van der Waals surface area contributed by atoms with Crippen LogP contribution in [0.25, 0.3) is 0 Å². The lowest BCUT2D eigenvalue weighted by Crippen LogP contribution is -2.22. The van der Waals surface area contributed by atoms with Gasteiger partial charge in [0.15, 0.2) is 0 Å². The zero-order chi connectivity index (χ0) is 10.4. The predicted molar refractivity (Wildman–Crippen MR) is 65.0 cm³/mol. The summed E-state index contributed by atoms with van der Waals surface area (Å²) in [4.78, 5) is 1.40. The molecule has 0 saturated heterocycles. The fourth-order valence-corrected chi connectivity index (χ4v) is 2.34. The summed E-state index contributed by atoms with van der Waals surface area (Å²) >= 11 is 1.95. The number of hydrogen-bond acceptors (Lipinski definition) is 2. The van der Waals surface area contributed by atoms with E-state index in [1.54, 1.807) is 0 Å². The molecule has 0 spiro atoms. The first-order valence-corrected chi connectivity index (χ1v) is 6.05. The van der Waals surface area contributed by atoms with E-state index < -0.39 is 0 Å². The van der Waals surface area contributed by atoms with Gasteiger partial charge in [-0.3, -0.25) is 0 Å². The molecule has 2 heteroatoms. The third kappa shape index (κ3) is 3.72. The highest BCUT2D eigenvalue weighted by molar-refractivity contribution is 8.00. The van der Waals surface area contributed by atoms with Crippen LogP contribution >= 0.6 is 11.8 Å². The Bertz CT molecular complexity index is 273. The average Bonchev–Trinajstić information content (AvgIpc) is 2.18. The van der Waals surface area contributed by atoms with Crippen molar-refractivity contribution >= 4 is 11.8 Å². The Hall–Kier alpha value is -0.470. The maximum Gasteiger partial charge on any atom is 0.0191 e. The fraction of sp³-hybridized carbons (Fsp3) is 0.500. The van der Waals surface area contributed by atoms with Crippen LogP contribution in [0.4, 0.5) is 0 Å². The highest BCUT2D eigenvalue weighted by atomic mass is 32.2. The van der Waals surface area contributed by atoms with Crippen molar-refractivity contribution in [2.45, 2.75) is 30.9 Å². The zero-order valence-corrected chi connectivity index (χ0v) is 10.0. The highest BCUT2D eigenvalue weighted by Gasteiger charge is 2.04. The minimum absolute atomic E-state index is 0.635. The van der Waals surface area contributed by atoms with E-state index in [4.69, 9.17) is 0 Å². The molecule has 1 rings (SSSR count). The summed E-state index contributed by atoms with van der Waals surface area (Å²) < 4.78 is 0. The van der Waals surface area contributed by atoms with E-state index in [-0.39, 0.29) is 0 Å². The van der Waals surface area contributed by atoms with Crippen molar-refractivity contribution < 1.29 is 0 Å². The molecule has 1 aromatic rings. The molecule has 1 N–H and O–H groups in total. The van der Waals surface area contributed by atoms with Crippen molar-refractivity contribution in [2.24, 2.45) is 0 Å². The van der Waals surface area contributed by atoms with E-state index in [0.717, 1.165) is 13.1 Å². The van der Waals surface area contributed by atoms with Crippen LogP contribution in [0.1, 0.15) is 19.4 Å². The number of aryl methyl sites for hydroxylation is 1. The number of rotatable bonds is 5. The Morgan fingerprint density at radius 2 is 2.07 bits per heavy atom. The van der Waals surface area contributed by atoms with Crippen LogP contribution in [0, 0.1) is 6.92 Å². The van der Waals surface area contributed by atoms with Crippen LogP contribution in [0.15, 0.2) is 29.2 Å². The standard InChI is InChI=1S/C12H19NS/c1-4-13-9-11(3)14-12-8-6-5-7-10(12)2/h5-8,11,13H,4,9H2,1-3H3. The van der Waals surface area contributed by atoms with Gasteiger partial charge in [-0.15, -0.1) is 11.8 Å². The topological polar surface area (TPSA) is 12.0 Å². The van der Waals surface area contributed by atoms with Crippen molar-refractivity contribution in [3.05, 3.63) is 29.8 Å². The van der Waals surface area contributed by atoms with Crippen LogP contribution in [-0.4, -0.2) is 18.3 Å². The van der Waals surface area contributed by atoms with E-state index in [1.165, 1.54) is 10.5 Å². The molecule has 0 fully saturated rings. The van der Waals surface area contributed by atoms with Crippen LogP contribution in [0.3, 0.4) is 0 Å². The maximum atomic E-state index is 3.37. The van der Waals surface area contributed by atoms with Crippen LogP contribution in [-0.2, 0) is 0 Å². The molecule has 0 heterocycles. The summed E-state index contributed by atoms with van der Waals surface area (Å²) in [6.07, 6.45) is 0. The molecule has 1 nitrogen and oxygen atoms in total. The van der Waals surface area contributed by atoms with Gasteiger partial charge >= 0.3 is 0 Å². The molecule has 1 atom stereocenters. The van der Waals surface area contributed by atoms with Crippen molar-refractivity contribution in [2.75, 3.05) is 13.1 Å². The molecular formula is C12H19NS. The Labute approximate surface area is 91.3 Å². The molecule has 0 aliphatic carbocycles. The normalized spacial score (nSPS) is 12.8. The summed E-state index contributed by atoms with van der Waals surface area (Å²) in [5, 5.41) is 4.00. The van der Waals surface area contributed by atoms with Crippen LogP contribution < -0.4 is 5.32 Å². The van der Waals surface area contributed by atoms with Gasteiger partial charge in [0.05, 0.1) is 0 Å². The van der Waals surface area contributed by atoms with Gasteiger partial charge in [0.1, 0.15) is 0 Å². The van der Waals surface area contributed by atoms with Gasteiger partial charge in [0, 0.05) is 16.7 Å². The Morgan fingerprint density at radius 1 is 1.36 bits per heavy atom. The summed E-state index contributed by atoms with van der Waals surface area (Å²) in [6, 6.07) is 8.56. The summed E-state index contributed by atoms with van der Waals surface area (Å²) in [7, 11) is 0. The van der Waals surface area contributed by atoms with Gasteiger partial charge in [-0.1, -0.05) is 32.0 Å². The van der Waals surface area contributed by atoms with Gasteiger partial charge in [-0.2, -0.15) is 0 Å². The molecule has 0 saturated carbocycles. The minimum atomic E-state index is 0.635. The number of thioether (sulfide) groups is 1. The first kappa shape index (κ1) is 11.6. The Morgan fingerprint density at radius 3 is 2.71 bits per heavy atom. The lowest BCUT2D eigenvalue weighted by atomic mass is 10.2. The van der Waals surface area contributed by atoms with Gasteiger partial charge < -0.3 is 5.32 Å². The van der Waals surface area contributed by atoms with E-state index in [2.05, 4.69) is 50.4 Å². The van der Waals surface area contributed by atoms with Gasteiger partial charge in [-0.25, -0.2) is 0 Å². The highest BCUT2D eigenvalue weighted by Crippen LogP contribution is 2.25. The van der Waals surface area contributed by atoms with Crippen molar-refractivity contribution in [1.82, 2.24) is 5.32 Å². The third-order valence-electron chi connectivity index (χ3n) is 2.10. The zero-order valence-electron chi connectivity index (χ0n) is 9.21. The Kier molecular flexibility index (Phi) is 5.05. The van der Waals surface area contributed by atoms with Gasteiger partial charge in [0.2, 0.25) is 0 Å². The third-order valence-corrected chi connectivity index (χ3v) is 3.38. The minimum Gasteiger partial charge on any atom is -0.316 e. The number of nitrogens with one attached hydrogen (secondary N) is 1. The molecule has 14 heavy (non-hydrogen) atoms. The summed E-state index contributed by atoms with van der Waals surface area (Å²) in [5.41, 5.74) is 1.38. The first-order chi connectivity index (χ1) is 6.74. The molecule has 0 bridgehead atoms. The molecule has 0 aromatic heterocycles. The second-order valence-corrected chi connectivity index (χ2v) is 4.98. The molecule has 0 aliphatic heterocycles. The molecule has 0 aliphatic rings. The second kappa shape index (κ2) is 6.10. The second-order valence-electron chi connectivity index (χ2n) is 3.50. The average molecular weight is 209 g/mol. The van der Waals surface area contributed by atoms with E-state index in [0.29, 0.717) is 5.25 Å². The quantitative estimate of drug-likeness (QED) is 0.748. The molecule has 1 unspecified atom stereocenters. The molecular weight excluding hydrogens is 190 g/mol. The lowest BCUT2D eigenvalue weighted by Gasteiger charge is -2.12. The Balaban J connectivity index is 2.47. The monoisotopic (exact) mass is 209 g/mol. The van der Waals surface area contributed by atoms with Crippen molar-refractivity contribution in [3.63, 3.8) is 0 Å². The van der Waals surface area contributed by atoms with Crippen molar-refractivity contribution in [3.8, 4) is 0 Å². The SMILES string of the molecule is CCNCC(C)Sc1ccccc1C. The molecule has 0 amide bonds. The lowest BCUT2D eigenvalue weighted by molar-refractivity contribution is 0.713. The van der Waals surface area contributed by atoms with Gasteiger partial charge in [0.25, 0.3) is 0 Å². The van der Waals surface area contributed by atoms with E-state index in [1.807, 2.05) is 11.8 Å². The van der Waals surface area contributed by atoms with Crippen LogP contribution in [0.5, 0.6) is 0 Å². The first-order valence-electron chi connectivity index (χ1n) is 5.17. The molecule has 0 radical (unpaired) electrons. The molecule has 1 aromatic carbocycles. The summed E-state index contributed by atoms with van der Waals surface area (Å²) in [6.45, 7) is 8.71. The number of benzene rings is 1. The number of hydrogen-bond donors (Lipinski definition) is 1. The van der Waals surface area contributed by atoms with E-state index in [9.17, 15) is 0 Å².